The summed E-state index contributed by atoms with van der Waals surface area (Å²) in [6.45, 7) is 3.88. The molecule has 6 heteroatoms. The quantitative estimate of drug-likeness (QED) is 0.925. The lowest BCUT2D eigenvalue weighted by Gasteiger charge is -2.33. The molecule has 2 heterocycles. The number of anilines is 3. The topological polar surface area (TPSA) is 51.7 Å². The van der Waals surface area contributed by atoms with Crippen molar-refractivity contribution < 1.29 is 4.79 Å². The summed E-state index contributed by atoms with van der Waals surface area (Å²) in [5.41, 5.74) is 2.24. The Labute approximate surface area is 149 Å². The first kappa shape index (κ1) is 17.2. The molecule has 0 radical (unpaired) electrons. The summed E-state index contributed by atoms with van der Waals surface area (Å²) in [6.07, 6.45) is 0. The van der Waals surface area contributed by atoms with Gasteiger partial charge in [0.15, 0.2) is 0 Å². The summed E-state index contributed by atoms with van der Waals surface area (Å²) >= 11 is 0. The summed E-state index contributed by atoms with van der Waals surface area (Å²) in [4.78, 5) is 23.7. The van der Waals surface area contributed by atoms with Gasteiger partial charge < -0.3 is 20.0 Å². The van der Waals surface area contributed by atoms with Crippen LogP contribution >= 0.6 is 0 Å². The van der Waals surface area contributed by atoms with Crippen molar-refractivity contribution in [3.05, 3.63) is 48.2 Å². The first-order valence-corrected chi connectivity index (χ1v) is 8.52. The Morgan fingerprint density at radius 2 is 1.80 bits per heavy atom. The molecule has 1 aromatic carbocycles. The fourth-order valence-electron chi connectivity index (χ4n) is 2.82. The number of aromatic nitrogens is 1. The molecule has 0 unspecified atom stereocenters. The SMILES string of the molecule is CN1CCN(c2cccc(C(=O)Nc3cccc(N(C)C)c3)n2)CC1. The minimum Gasteiger partial charge on any atom is -0.378 e. The van der Waals surface area contributed by atoms with Crippen molar-refractivity contribution in [2.24, 2.45) is 0 Å². The molecule has 0 aliphatic carbocycles. The molecule has 3 rings (SSSR count). The fourth-order valence-corrected chi connectivity index (χ4v) is 2.82. The predicted molar refractivity (Wildman–Crippen MR) is 103 cm³/mol. The first-order valence-electron chi connectivity index (χ1n) is 8.52. The van der Waals surface area contributed by atoms with E-state index in [0.717, 1.165) is 43.4 Å². The molecule has 132 valence electrons. The van der Waals surface area contributed by atoms with Crippen LogP contribution in [0.15, 0.2) is 42.5 Å². The normalized spacial score (nSPS) is 15.1. The molecular weight excluding hydrogens is 314 g/mol. The van der Waals surface area contributed by atoms with Gasteiger partial charge in [-0.15, -0.1) is 0 Å². The third-order valence-corrected chi connectivity index (χ3v) is 4.41. The van der Waals surface area contributed by atoms with Gasteiger partial charge >= 0.3 is 0 Å². The van der Waals surface area contributed by atoms with Gasteiger partial charge in [-0.05, 0) is 37.4 Å². The van der Waals surface area contributed by atoms with Gasteiger partial charge in [0.2, 0.25) is 0 Å². The molecule has 1 N–H and O–H groups in total. The van der Waals surface area contributed by atoms with Crippen LogP contribution < -0.4 is 15.1 Å². The van der Waals surface area contributed by atoms with Crippen molar-refractivity contribution in [1.82, 2.24) is 9.88 Å². The van der Waals surface area contributed by atoms with Crippen molar-refractivity contribution in [2.45, 2.75) is 0 Å². The Morgan fingerprint density at radius 1 is 1.08 bits per heavy atom. The maximum absolute atomic E-state index is 12.6. The predicted octanol–water partition coefficient (Wildman–Crippen LogP) is 2.15. The largest absolute Gasteiger partial charge is 0.378 e. The number of benzene rings is 1. The van der Waals surface area contributed by atoms with E-state index in [1.165, 1.54) is 0 Å². The summed E-state index contributed by atoms with van der Waals surface area (Å²) < 4.78 is 0. The van der Waals surface area contributed by atoms with E-state index in [9.17, 15) is 4.79 Å². The maximum Gasteiger partial charge on any atom is 0.274 e. The van der Waals surface area contributed by atoms with Gasteiger partial charge in [0.05, 0.1) is 0 Å². The van der Waals surface area contributed by atoms with E-state index in [0.29, 0.717) is 5.69 Å². The van der Waals surface area contributed by atoms with Crippen LogP contribution in [0.5, 0.6) is 0 Å². The molecule has 1 amide bonds. The van der Waals surface area contributed by atoms with E-state index in [4.69, 9.17) is 0 Å². The third-order valence-electron chi connectivity index (χ3n) is 4.41. The maximum atomic E-state index is 12.6. The van der Waals surface area contributed by atoms with E-state index >= 15 is 0 Å². The van der Waals surface area contributed by atoms with Gasteiger partial charge in [0, 0.05) is 51.6 Å². The van der Waals surface area contributed by atoms with Crippen LogP contribution in [-0.4, -0.2) is 63.1 Å². The van der Waals surface area contributed by atoms with Crippen LogP contribution in [0, 0.1) is 0 Å². The molecule has 0 bridgehead atoms. The summed E-state index contributed by atoms with van der Waals surface area (Å²) in [7, 11) is 6.07. The summed E-state index contributed by atoms with van der Waals surface area (Å²) in [5, 5.41) is 2.94. The summed E-state index contributed by atoms with van der Waals surface area (Å²) in [5.74, 6) is 0.676. The molecule has 1 saturated heterocycles. The van der Waals surface area contributed by atoms with Crippen LogP contribution in [0.1, 0.15) is 10.5 Å². The van der Waals surface area contributed by atoms with Gasteiger partial charge in [-0.1, -0.05) is 12.1 Å². The average Bonchev–Trinajstić information content (AvgIpc) is 2.62. The molecule has 1 aliphatic heterocycles. The molecule has 6 nitrogen and oxygen atoms in total. The average molecular weight is 339 g/mol. The van der Waals surface area contributed by atoms with Crippen molar-refractivity contribution in [3.8, 4) is 0 Å². The highest BCUT2D eigenvalue weighted by atomic mass is 16.1. The van der Waals surface area contributed by atoms with Gasteiger partial charge in [0.25, 0.3) is 5.91 Å². The number of piperazine rings is 1. The zero-order chi connectivity index (χ0) is 17.8. The number of likely N-dealkylation sites (N-methyl/N-ethyl adjacent to an activating group) is 1. The second-order valence-electron chi connectivity index (χ2n) is 6.57. The lowest BCUT2D eigenvalue weighted by atomic mass is 10.2. The second kappa shape index (κ2) is 7.53. The van der Waals surface area contributed by atoms with Crippen LogP contribution in [0.4, 0.5) is 17.2 Å². The standard InChI is InChI=1S/C19H25N5O/c1-22(2)16-7-4-6-15(14-16)20-19(25)17-8-5-9-18(21-17)24-12-10-23(3)11-13-24/h4-9,14H,10-13H2,1-3H3,(H,20,25). The van der Waals surface area contributed by atoms with Gasteiger partial charge in [-0.2, -0.15) is 0 Å². The number of carbonyl (C=O) groups is 1. The highest BCUT2D eigenvalue weighted by molar-refractivity contribution is 6.03. The number of nitrogens with one attached hydrogen (secondary N) is 1. The second-order valence-corrected chi connectivity index (χ2v) is 6.57. The summed E-state index contributed by atoms with van der Waals surface area (Å²) in [6, 6.07) is 13.4. The molecule has 1 aliphatic rings. The minimum absolute atomic E-state index is 0.188. The highest BCUT2D eigenvalue weighted by Crippen LogP contribution is 2.19. The van der Waals surface area contributed by atoms with E-state index in [1.54, 1.807) is 6.07 Å². The van der Waals surface area contributed by atoms with E-state index in [1.807, 2.05) is 55.4 Å². The molecule has 1 aromatic heterocycles. The Kier molecular flexibility index (Phi) is 5.19. The number of carbonyl (C=O) groups excluding carboxylic acids is 1. The van der Waals surface area contributed by atoms with Crippen molar-refractivity contribution >= 4 is 23.1 Å². The zero-order valence-corrected chi connectivity index (χ0v) is 15.1. The van der Waals surface area contributed by atoms with Gasteiger partial charge in [0.1, 0.15) is 11.5 Å². The molecule has 25 heavy (non-hydrogen) atoms. The monoisotopic (exact) mass is 339 g/mol. The van der Waals surface area contributed by atoms with Crippen molar-refractivity contribution in [2.75, 3.05) is 62.4 Å². The Hall–Kier alpha value is -2.60. The van der Waals surface area contributed by atoms with E-state index in [-0.39, 0.29) is 5.91 Å². The third kappa shape index (κ3) is 4.28. The minimum atomic E-state index is -0.188. The highest BCUT2D eigenvalue weighted by Gasteiger charge is 2.17. The molecule has 0 saturated carbocycles. The first-order chi connectivity index (χ1) is 12.0. The zero-order valence-electron chi connectivity index (χ0n) is 15.1. The number of hydrogen-bond acceptors (Lipinski definition) is 5. The lowest BCUT2D eigenvalue weighted by Crippen LogP contribution is -2.44. The van der Waals surface area contributed by atoms with Gasteiger partial charge in [-0.3, -0.25) is 4.79 Å². The smallest absolute Gasteiger partial charge is 0.274 e. The lowest BCUT2D eigenvalue weighted by molar-refractivity contribution is 0.102. The van der Waals surface area contributed by atoms with Crippen molar-refractivity contribution in [3.63, 3.8) is 0 Å². The molecule has 2 aromatic rings. The number of hydrogen-bond donors (Lipinski definition) is 1. The molecule has 0 atom stereocenters. The number of amides is 1. The Morgan fingerprint density at radius 3 is 2.52 bits per heavy atom. The van der Waals surface area contributed by atoms with E-state index < -0.39 is 0 Å². The fraction of sp³-hybridized carbons (Fsp3) is 0.368. The van der Waals surface area contributed by atoms with Crippen LogP contribution in [0.3, 0.4) is 0 Å². The molecule has 1 fully saturated rings. The van der Waals surface area contributed by atoms with E-state index in [2.05, 4.69) is 27.1 Å². The molecule has 0 spiro atoms. The van der Waals surface area contributed by atoms with Crippen molar-refractivity contribution in [1.29, 1.82) is 0 Å². The number of nitrogens with zero attached hydrogens (tertiary/aromatic N) is 4. The van der Waals surface area contributed by atoms with Crippen LogP contribution in [0.25, 0.3) is 0 Å². The number of rotatable bonds is 4. The Bertz CT molecular complexity index is 738. The van der Waals surface area contributed by atoms with Crippen LogP contribution in [0.2, 0.25) is 0 Å². The Balaban J connectivity index is 1.72. The molecular formula is C19H25N5O. The van der Waals surface area contributed by atoms with Gasteiger partial charge in [-0.25, -0.2) is 4.98 Å². The number of pyridine rings is 1. The van der Waals surface area contributed by atoms with Crippen LogP contribution in [-0.2, 0) is 0 Å².